The molecular formula is C10H14BrF3N2. The number of alkyl halides is 4. The number of hydrogen-bond donors (Lipinski definition) is 0. The Labute approximate surface area is 101 Å². The molecule has 0 unspecified atom stereocenters. The molecule has 0 bridgehead atoms. The Morgan fingerprint density at radius 3 is 2.50 bits per heavy atom. The second kappa shape index (κ2) is 5.21. The van der Waals surface area contributed by atoms with Crippen LogP contribution in [0.5, 0.6) is 0 Å². The van der Waals surface area contributed by atoms with Gasteiger partial charge in [0.1, 0.15) is 5.69 Å². The van der Waals surface area contributed by atoms with Gasteiger partial charge in [0.2, 0.25) is 0 Å². The number of rotatable bonds is 4. The zero-order valence-electron chi connectivity index (χ0n) is 9.18. The molecule has 0 N–H and O–H groups in total. The van der Waals surface area contributed by atoms with E-state index >= 15 is 0 Å². The van der Waals surface area contributed by atoms with Crippen LogP contribution in [-0.2, 0) is 18.1 Å². The third kappa shape index (κ3) is 3.23. The number of nitrogens with zero attached hydrogens (tertiary/aromatic N) is 2. The van der Waals surface area contributed by atoms with Gasteiger partial charge < -0.3 is 0 Å². The van der Waals surface area contributed by atoms with Crippen molar-refractivity contribution in [3.05, 3.63) is 17.5 Å². The fourth-order valence-corrected chi connectivity index (χ4v) is 1.81. The first kappa shape index (κ1) is 13.5. The summed E-state index contributed by atoms with van der Waals surface area (Å²) in [4.78, 5) is 0. The summed E-state index contributed by atoms with van der Waals surface area (Å²) in [6, 6.07) is 0. The van der Waals surface area contributed by atoms with Crippen molar-refractivity contribution in [2.75, 3.05) is 0 Å². The maximum atomic E-state index is 12.8. The van der Waals surface area contributed by atoms with Crippen molar-refractivity contribution in [1.29, 1.82) is 0 Å². The molecule has 1 aromatic rings. The Hall–Kier alpha value is -0.520. The third-order valence-corrected chi connectivity index (χ3v) is 2.85. The second-order valence-electron chi connectivity index (χ2n) is 4.06. The van der Waals surface area contributed by atoms with Crippen molar-refractivity contribution >= 4 is 15.9 Å². The summed E-state index contributed by atoms with van der Waals surface area (Å²) in [5.74, 6) is 0.359. The first-order valence-corrected chi connectivity index (χ1v) is 6.16. The summed E-state index contributed by atoms with van der Waals surface area (Å²) >= 11 is 3.04. The Morgan fingerprint density at radius 2 is 2.06 bits per heavy atom. The lowest BCUT2D eigenvalue weighted by molar-refractivity contribution is -0.144. The van der Waals surface area contributed by atoms with Crippen LogP contribution in [0.15, 0.2) is 6.20 Å². The molecule has 16 heavy (non-hydrogen) atoms. The van der Waals surface area contributed by atoms with Gasteiger partial charge in [0.05, 0.1) is 6.20 Å². The van der Waals surface area contributed by atoms with Crippen LogP contribution in [0, 0.1) is 5.92 Å². The molecule has 92 valence electrons. The summed E-state index contributed by atoms with van der Waals surface area (Å²) in [5.41, 5.74) is -0.443. The van der Waals surface area contributed by atoms with E-state index < -0.39 is 11.9 Å². The molecule has 6 heteroatoms. The van der Waals surface area contributed by atoms with Crippen LogP contribution >= 0.6 is 15.9 Å². The SMILES string of the molecule is CC(C)CCn1ncc(CBr)c1C(F)(F)F. The Morgan fingerprint density at radius 1 is 1.44 bits per heavy atom. The number of hydrogen-bond acceptors (Lipinski definition) is 1. The summed E-state index contributed by atoms with van der Waals surface area (Å²) in [6.07, 6.45) is -2.37. The van der Waals surface area contributed by atoms with E-state index in [1.54, 1.807) is 0 Å². The zero-order valence-corrected chi connectivity index (χ0v) is 10.8. The predicted octanol–water partition coefficient (Wildman–Crippen LogP) is 3.84. The van der Waals surface area contributed by atoms with Crippen LogP contribution in [0.25, 0.3) is 0 Å². The van der Waals surface area contributed by atoms with E-state index in [4.69, 9.17) is 0 Å². The van der Waals surface area contributed by atoms with Gasteiger partial charge in [0.15, 0.2) is 0 Å². The zero-order chi connectivity index (χ0) is 12.3. The first-order valence-electron chi connectivity index (χ1n) is 5.04. The molecule has 0 aromatic carbocycles. The number of aryl methyl sites for hydroxylation is 1. The van der Waals surface area contributed by atoms with Gasteiger partial charge in [-0.15, -0.1) is 0 Å². The van der Waals surface area contributed by atoms with Gasteiger partial charge in [-0.1, -0.05) is 29.8 Å². The van der Waals surface area contributed by atoms with E-state index in [1.165, 1.54) is 6.20 Å². The Kier molecular flexibility index (Phi) is 4.41. The molecule has 0 aliphatic rings. The number of halogens is 4. The van der Waals surface area contributed by atoms with Gasteiger partial charge in [-0.25, -0.2) is 0 Å². The average molecular weight is 299 g/mol. The van der Waals surface area contributed by atoms with E-state index in [-0.39, 0.29) is 10.9 Å². The average Bonchev–Trinajstić information content (AvgIpc) is 2.56. The molecule has 0 saturated heterocycles. The molecule has 0 radical (unpaired) electrons. The standard InChI is InChI=1S/C10H14BrF3N2/c1-7(2)3-4-16-9(10(12,13)14)8(5-11)6-15-16/h6-7H,3-5H2,1-2H3. The Balaban J connectivity index is 2.96. The van der Waals surface area contributed by atoms with Crippen molar-refractivity contribution in [1.82, 2.24) is 9.78 Å². The highest BCUT2D eigenvalue weighted by atomic mass is 79.9. The highest BCUT2D eigenvalue weighted by Crippen LogP contribution is 2.33. The summed E-state index contributed by atoms with van der Waals surface area (Å²) in [5, 5.41) is 3.96. The van der Waals surface area contributed by atoms with Crippen LogP contribution in [-0.4, -0.2) is 9.78 Å². The van der Waals surface area contributed by atoms with E-state index in [9.17, 15) is 13.2 Å². The van der Waals surface area contributed by atoms with Gasteiger partial charge in [-0.2, -0.15) is 18.3 Å². The predicted molar refractivity (Wildman–Crippen MR) is 59.3 cm³/mol. The lowest BCUT2D eigenvalue weighted by atomic mass is 10.1. The largest absolute Gasteiger partial charge is 0.433 e. The normalized spacial score (nSPS) is 12.4. The van der Waals surface area contributed by atoms with Gasteiger partial charge in [0.25, 0.3) is 0 Å². The smallest absolute Gasteiger partial charge is 0.260 e. The maximum Gasteiger partial charge on any atom is 0.433 e. The molecule has 1 aromatic heterocycles. The molecule has 0 saturated carbocycles. The fraction of sp³-hybridized carbons (Fsp3) is 0.700. The highest BCUT2D eigenvalue weighted by Gasteiger charge is 2.37. The van der Waals surface area contributed by atoms with E-state index in [1.807, 2.05) is 13.8 Å². The van der Waals surface area contributed by atoms with E-state index in [0.717, 1.165) is 4.68 Å². The van der Waals surface area contributed by atoms with Crippen LogP contribution in [0.4, 0.5) is 13.2 Å². The van der Waals surface area contributed by atoms with E-state index in [2.05, 4.69) is 21.0 Å². The number of aromatic nitrogens is 2. The minimum absolute atomic E-state index is 0.170. The van der Waals surface area contributed by atoms with Gasteiger partial charge in [-0.05, 0) is 12.3 Å². The molecule has 0 spiro atoms. The van der Waals surface area contributed by atoms with Crippen LogP contribution in [0.3, 0.4) is 0 Å². The lowest BCUT2D eigenvalue weighted by Crippen LogP contribution is -2.17. The molecule has 1 rings (SSSR count). The summed E-state index contributed by atoms with van der Waals surface area (Å²) in [6.45, 7) is 4.25. The molecule has 0 aliphatic heterocycles. The molecule has 2 nitrogen and oxygen atoms in total. The molecule has 1 heterocycles. The topological polar surface area (TPSA) is 17.8 Å². The maximum absolute atomic E-state index is 12.8. The molecule has 0 aliphatic carbocycles. The van der Waals surface area contributed by atoms with E-state index in [0.29, 0.717) is 18.9 Å². The first-order chi connectivity index (χ1) is 7.36. The summed E-state index contributed by atoms with van der Waals surface area (Å²) < 4.78 is 39.4. The van der Waals surface area contributed by atoms with Crippen molar-refractivity contribution < 1.29 is 13.2 Å². The molecule has 0 fully saturated rings. The molecule has 0 atom stereocenters. The van der Waals surface area contributed by atoms with Crippen LogP contribution in [0.2, 0.25) is 0 Å². The van der Waals surface area contributed by atoms with Gasteiger partial charge >= 0.3 is 6.18 Å². The molecular weight excluding hydrogens is 285 g/mol. The van der Waals surface area contributed by atoms with Crippen LogP contribution < -0.4 is 0 Å². The quantitative estimate of drug-likeness (QED) is 0.772. The fourth-order valence-electron chi connectivity index (χ4n) is 1.40. The lowest BCUT2D eigenvalue weighted by Gasteiger charge is -2.12. The van der Waals surface area contributed by atoms with Gasteiger partial charge in [0, 0.05) is 17.4 Å². The monoisotopic (exact) mass is 298 g/mol. The minimum atomic E-state index is -4.34. The van der Waals surface area contributed by atoms with Crippen molar-refractivity contribution in [3.8, 4) is 0 Å². The summed E-state index contributed by atoms with van der Waals surface area (Å²) in [7, 11) is 0. The minimum Gasteiger partial charge on any atom is -0.260 e. The van der Waals surface area contributed by atoms with Crippen molar-refractivity contribution in [2.24, 2.45) is 5.92 Å². The molecule has 0 amide bonds. The van der Waals surface area contributed by atoms with Crippen molar-refractivity contribution in [3.63, 3.8) is 0 Å². The van der Waals surface area contributed by atoms with Gasteiger partial charge in [-0.3, -0.25) is 4.68 Å². The van der Waals surface area contributed by atoms with Crippen molar-refractivity contribution in [2.45, 2.75) is 38.3 Å². The Bertz CT molecular complexity index is 344. The second-order valence-corrected chi connectivity index (χ2v) is 4.62. The highest BCUT2D eigenvalue weighted by molar-refractivity contribution is 9.08. The third-order valence-electron chi connectivity index (χ3n) is 2.25. The van der Waals surface area contributed by atoms with Crippen LogP contribution in [0.1, 0.15) is 31.5 Å².